The number of benzene rings is 1. The summed E-state index contributed by atoms with van der Waals surface area (Å²) in [4.78, 5) is 2.17. The van der Waals surface area contributed by atoms with Gasteiger partial charge >= 0.3 is 0 Å². The predicted octanol–water partition coefficient (Wildman–Crippen LogP) is 1.04. The van der Waals surface area contributed by atoms with Crippen LogP contribution in [-0.2, 0) is 10.0 Å². The molecule has 1 aromatic rings. The summed E-state index contributed by atoms with van der Waals surface area (Å²) in [5, 5.41) is 0. The molecule has 0 spiro atoms. The van der Waals surface area contributed by atoms with Gasteiger partial charge in [-0.3, -0.25) is 0 Å². The molecular weight excluding hydrogens is 281 g/mol. The highest BCUT2D eigenvalue weighted by molar-refractivity contribution is 7.89. The third-order valence-corrected chi connectivity index (χ3v) is 5.66. The molecule has 20 heavy (non-hydrogen) atoms. The maximum Gasteiger partial charge on any atom is 0.243 e. The summed E-state index contributed by atoms with van der Waals surface area (Å²) < 4.78 is 40.1. The summed E-state index contributed by atoms with van der Waals surface area (Å²) >= 11 is 0. The minimum Gasteiger partial charge on any atom is -0.396 e. The number of nitrogens with two attached hydrogens (primary N) is 1. The lowest BCUT2D eigenvalue weighted by Gasteiger charge is -2.36. The fourth-order valence-corrected chi connectivity index (χ4v) is 3.93. The molecule has 2 rings (SSSR count). The van der Waals surface area contributed by atoms with E-state index in [1.54, 1.807) is 0 Å². The molecule has 1 atom stereocenters. The average molecular weight is 301 g/mol. The van der Waals surface area contributed by atoms with Crippen LogP contribution >= 0.6 is 0 Å². The van der Waals surface area contributed by atoms with E-state index in [4.69, 9.17) is 5.73 Å². The summed E-state index contributed by atoms with van der Waals surface area (Å²) in [6.45, 7) is 5.02. The molecule has 0 radical (unpaired) electrons. The van der Waals surface area contributed by atoms with E-state index >= 15 is 0 Å². The van der Waals surface area contributed by atoms with Crippen LogP contribution in [0.1, 0.15) is 12.5 Å². The van der Waals surface area contributed by atoms with Crippen LogP contribution in [0.2, 0.25) is 0 Å². The molecule has 0 saturated carbocycles. The van der Waals surface area contributed by atoms with Gasteiger partial charge in [-0.2, -0.15) is 4.31 Å². The highest BCUT2D eigenvalue weighted by Gasteiger charge is 2.31. The Morgan fingerprint density at radius 2 is 2.00 bits per heavy atom. The number of hydrogen-bond donors (Lipinski definition) is 1. The minimum atomic E-state index is -3.62. The first-order chi connectivity index (χ1) is 9.23. The first kappa shape index (κ1) is 15.2. The summed E-state index contributed by atoms with van der Waals surface area (Å²) in [6, 6.07) is 2.68. The maximum atomic E-state index is 13.5. The first-order valence-electron chi connectivity index (χ1n) is 6.49. The molecule has 2 N–H and O–H groups in total. The van der Waals surface area contributed by atoms with Gasteiger partial charge in [0.05, 0.1) is 10.6 Å². The quantitative estimate of drug-likeness (QED) is 0.829. The molecule has 0 aromatic heterocycles. The standard InChI is InChI=1S/C13H20FN3O2S/c1-9-6-11(7-12(15)13(9)14)20(18,19)17-5-4-16(3)10(2)8-17/h6-7,10H,4-5,8,15H2,1-3H3. The van der Waals surface area contributed by atoms with Gasteiger partial charge in [0, 0.05) is 25.7 Å². The molecule has 1 aliphatic heterocycles. The first-order valence-corrected chi connectivity index (χ1v) is 7.93. The Balaban J connectivity index is 2.36. The van der Waals surface area contributed by atoms with E-state index in [0.29, 0.717) is 19.6 Å². The van der Waals surface area contributed by atoms with Crippen molar-refractivity contribution >= 4 is 15.7 Å². The van der Waals surface area contributed by atoms with E-state index in [1.165, 1.54) is 23.4 Å². The third-order valence-electron chi connectivity index (χ3n) is 3.82. The smallest absolute Gasteiger partial charge is 0.243 e. The van der Waals surface area contributed by atoms with Gasteiger partial charge in [0.25, 0.3) is 0 Å². The summed E-state index contributed by atoms with van der Waals surface area (Å²) in [7, 11) is -1.65. The van der Waals surface area contributed by atoms with Crippen molar-refractivity contribution in [2.24, 2.45) is 0 Å². The van der Waals surface area contributed by atoms with E-state index in [1.807, 2.05) is 14.0 Å². The fourth-order valence-electron chi connectivity index (χ4n) is 2.29. The number of hydrogen-bond acceptors (Lipinski definition) is 4. The van der Waals surface area contributed by atoms with Gasteiger partial charge < -0.3 is 10.6 Å². The van der Waals surface area contributed by atoms with Gasteiger partial charge in [0.15, 0.2) is 0 Å². The molecule has 1 saturated heterocycles. The predicted molar refractivity (Wildman–Crippen MR) is 76.4 cm³/mol. The van der Waals surface area contributed by atoms with Crippen LogP contribution in [-0.4, -0.2) is 50.3 Å². The van der Waals surface area contributed by atoms with Crippen LogP contribution in [0.15, 0.2) is 17.0 Å². The number of piperazine rings is 1. The molecule has 1 aromatic carbocycles. The summed E-state index contributed by atoms with van der Waals surface area (Å²) in [5.74, 6) is -0.560. The van der Waals surface area contributed by atoms with Crippen molar-refractivity contribution in [3.63, 3.8) is 0 Å². The molecule has 1 fully saturated rings. The van der Waals surface area contributed by atoms with Crippen molar-refractivity contribution in [1.29, 1.82) is 0 Å². The molecule has 0 amide bonds. The Labute approximate surface area is 119 Å². The Bertz CT molecular complexity index is 595. The largest absolute Gasteiger partial charge is 0.396 e. The summed E-state index contributed by atoms with van der Waals surface area (Å²) in [6.07, 6.45) is 0. The second kappa shape index (κ2) is 5.31. The lowest BCUT2D eigenvalue weighted by atomic mass is 10.2. The number of aryl methyl sites for hydroxylation is 1. The number of likely N-dealkylation sites (N-methyl/N-ethyl adjacent to an activating group) is 1. The highest BCUT2D eigenvalue weighted by Crippen LogP contribution is 2.25. The SMILES string of the molecule is Cc1cc(S(=O)(=O)N2CCN(C)C(C)C2)cc(N)c1F. The van der Waals surface area contributed by atoms with Crippen LogP contribution in [0.25, 0.3) is 0 Å². The van der Waals surface area contributed by atoms with Gasteiger partial charge in [-0.1, -0.05) is 0 Å². The van der Waals surface area contributed by atoms with Crippen molar-refractivity contribution in [2.45, 2.75) is 24.8 Å². The van der Waals surface area contributed by atoms with E-state index in [-0.39, 0.29) is 22.2 Å². The number of halogens is 1. The zero-order valence-electron chi connectivity index (χ0n) is 11.9. The molecule has 1 heterocycles. The topological polar surface area (TPSA) is 66.6 Å². The van der Waals surface area contributed by atoms with Crippen LogP contribution in [0, 0.1) is 12.7 Å². The van der Waals surface area contributed by atoms with Crippen LogP contribution in [0.3, 0.4) is 0 Å². The Kier molecular flexibility index (Phi) is 4.04. The maximum absolute atomic E-state index is 13.5. The van der Waals surface area contributed by atoms with Gasteiger partial charge in [0.1, 0.15) is 5.82 Å². The lowest BCUT2D eigenvalue weighted by Crippen LogP contribution is -2.51. The van der Waals surface area contributed by atoms with Crippen molar-refractivity contribution in [3.8, 4) is 0 Å². The zero-order chi connectivity index (χ0) is 15.1. The lowest BCUT2D eigenvalue weighted by molar-refractivity contribution is 0.159. The number of nitrogens with zero attached hydrogens (tertiary/aromatic N) is 2. The highest BCUT2D eigenvalue weighted by atomic mass is 32.2. The van der Waals surface area contributed by atoms with E-state index in [9.17, 15) is 12.8 Å². The molecule has 7 heteroatoms. The minimum absolute atomic E-state index is 0.0608. The fraction of sp³-hybridized carbons (Fsp3) is 0.538. The van der Waals surface area contributed by atoms with Crippen molar-refractivity contribution < 1.29 is 12.8 Å². The average Bonchev–Trinajstić information content (AvgIpc) is 2.38. The zero-order valence-corrected chi connectivity index (χ0v) is 12.7. The molecule has 0 bridgehead atoms. The number of sulfonamides is 1. The molecule has 5 nitrogen and oxygen atoms in total. The second-order valence-electron chi connectivity index (χ2n) is 5.34. The van der Waals surface area contributed by atoms with Crippen LogP contribution in [0.4, 0.5) is 10.1 Å². The Hall–Kier alpha value is -1.18. The van der Waals surface area contributed by atoms with E-state index < -0.39 is 15.8 Å². The number of nitrogen functional groups attached to an aromatic ring is 1. The van der Waals surface area contributed by atoms with Gasteiger partial charge in [0.2, 0.25) is 10.0 Å². The van der Waals surface area contributed by atoms with Gasteiger partial charge in [-0.05, 0) is 38.6 Å². The molecular formula is C13H20FN3O2S. The van der Waals surface area contributed by atoms with Crippen LogP contribution < -0.4 is 5.73 Å². The number of anilines is 1. The Morgan fingerprint density at radius 3 is 2.55 bits per heavy atom. The third kappa shape index (κ3) is 2.65. The van der Waals surface area contributed by atoms with E-state index in [2.05, 4.69) is 4.90 Å². The molecule has 112 valence electrons. The van der Waals surface area contributed by atoms with Crippen molar-refractivity contribution in [2.75, 3.05) is 32.4 Å². The van der Waals surface area contributed by atoms with Crippen molar-refractivity contribution in [1.82, 2.24) is 9.21 Å². The monoisotopic (exact) mass is 301 g/mol. The number of rotatable bonds is 2. The normalized spacial score (nSPS) is 22.1. The molecule has 0 aliphatic carbocycles. The van der Waals surface area contributed by atoms with Crippen molar-refractivity contribution in [3.05, 3.63) is 23.5 Å². The molecule has 1 aliphatic rings. The van der Waals surface area contributed by atoms with Crippen LogP contribution in [0.5, 0.6) is 0 Å². The second-order valence-corrected chi connectivity index (χ2v) is 7.27. The van der Waals surface area contributed by atoms with Gasteiger partial charge in [-0.25, -0.2) is 12.8 Å². The van der Waals surface area contributed by atoms with E-state index in [0.717, 1.165) is 0 Å². The van der Waals surface area contributed by atoms with Gasteiger partial charge in [-0.15, -0.1) is 0 Å². The molecule has 1 unspecified atom stereocenters. The summed E-state index contributed by atoms with van der Waals surface area (Å²) in [5.41, 5.74) is 5.64. The Morgan fingerprint density at radius 1 is 1.35 bits per heavy atom.